The summed E-state index contributed by atoms with van der Waals surface area (Å²) < 4.78 is 10.7. The van der Waals surface area contributed by atoms with Gasteiger partial charge in [-0.15, -0.1) is 12.4 Å². The van der Waals surface area contributed by atoms with E-state index in [1.54, 1.807) is 14.2 Å². The Morgan fingerprint density at radius 3 is 1.94 bits per heavy atom. The van der Waals surface area contributed by atoms with Gasteiger partial charge in [0.2, 0.25) is 0 Å². The molecule has 0 aliphatic rings. The molecule has 4 heteroatoms. The van der Waals surface area contributed by atoms with Gasteiger partial charge in [-0.1, -0.05) is 0 Å². The van der Waals surface area contributed by atoms with Gasteiger partial charge in [0, 0.05) is 11.6 Å². The fourth-order valence-electron chi connectivity index (χ4n) is 1.64. The Bertz CT molecular complexity index is 315. The molecule has 16 heavy (non-hydrogen) atoms. The topological polar surface area (TPSA) is 44.5 Å². The van der Waals surface area contributed by atoms with E-state index in [1.165, 1.54) is 0 Å². The Morgan fingerprint density at radius 2 is 1.62 bits per heavy atom. The minimum atomic E-state index is 0. The van der Waals surface area contributed by atoms with Crippen molar-refractivity contribution in [1.29, 1.82) is 0 Å². The van der Waals surface area contributed by atoms with E-state index in [4.69, 9.17) is 15.2 Å². The zero-order valence-electron chi connectivity index (χ0n) is 10.2. The molecular weight excluding hydrogens is 226 g/mol. The van der Waals surface area contributed by atoms with Crippen LogP contribution in [0.25, 0.3) is 0 Å². The van der Waals surface area contributed by atoms with Crippen LogP contribution in [-0.2, 0) is 6.42 Å². The molecule has 1 aromatic rings. The summed E-state index contributed by atoms with van der Waals surface area (Å²) >= 11 is 0. The van der Waals surface area contributed by atoms with Crippen molar-refractivity contribution in [2.75, 3.05) is 14.2 Å². The second kappa shape index (κ2) is 6.61. The predicted molar refractivity (Wildman–Crippen MR) is 68.9 cm³/mol. The maximum absolute atomic E-state index is 5.80. The summed E-state index contributed by atoms with van der Waals surface area (Å²) in [5.41, 5.74) is 7.96. The van der Waals surface area contributed by atoms with Crippen molar-refractivity contribution < 1.29 is 9.47 Å². The molecule has 0 amide bonds. The van der Waals surface area contributed by atoms with Crippen molar-refractivity contribution in [2.24, 2.45) is 5.73 Å². The number of hydrogen-bond donors (Lipinski definition) is 1. The molecule has 0 saturated heterocycles. The molecule has 0 spiro atoms. The highest BCUT2D eigenvalue weighted by Gasteiger charge is 2.12. The molecule has 1 rings (SSSR count). The molecule has 1 atom stereocenters. The Hall–Kier alpha value is -0.930. The number of ether oxygens (including phenoxy) is 2. The minimum absolute atomic E-state index is 0. The molecule has 3 nitrogen and oxygen atoms in total. The molecule has 0 aliphatic carbocycles. The first-order valence-corrected chi connectivity index (χ1v) is 5.05. The molecule has 0 aliphatic heterocycles. The summed E-state index contributed by atoms with van der Waals surface area (Å²) in [7, 11) is 3.33. The average molecular weight is 246 g/mol. The number of halogens is 1. The SMILES string of the molecule is COc1cc(C)cc(OC)c1CC(C)N.Cl. The third kappa shape index (κ3) is 3.58. The number of aryl methyl sites for hydroxylation is 1. The van der Waals surface area contributed by atoms with E-state index >= 15 is 0 Å². The maximum atomic E-state index is 5.80. The number of rotatable bonds is 4. The number of nitrogens with two attached hydrogens (primary N) is 1. The third-order valence-corrected chi connectivity index (χ3v) is 2.28. The summed E-state index contributed by atoms with van der Waals surface area (Å²) in [6, 6.07) is 4.09. The van der Waals surface area contributed by atoms with E-state index in [9.17, 15) is 0 Å². The van der Waals surface area contributed by atoms with E-state index < -0.39 is 0 Å². The molecule has 0 bridgehead atoms. The molecule has 0 saturated carbocycles. The average Bonchev–Trinajstić information content (AvgIpc) is 2.19. The standard InChI is InChI=1S/C12H19NO2.ClH/c1-8-5-11(14-3)10(7-9(2)13)12(6-8)15-4;/h5-6,9H,7,13H2,1-4H3;1H. The lowest BCUT2D eigenvalue weighted by Crippen LogP contribution is -2.18. The van der Waals surface area contributed by atoms with Gasteiger partial charge in [0.05, 0.1) is 14.2 Å². The summed E-state index contributed by atoms with van der Waals surface area (Å²) in [5, 5.41) is 0. The molecule has 0 aromatic heterocycles. The van der Waals surface area contributed by atoms with Gasteiger partial charge in [-0.05, 0) is 38.0 Å². The van der Waals surface area contributed by atoms with Crippen molar-refractivity contribution in [2.45, 2.75) is 26.3 Å². The van der Waals surface area contributed by atoms with E-state index in [2.05, 4.69) is 0 Å². The molecular formula is C12H20ClNO2. The molecule has 1 unspecified atom stereocenters. The fourth-order valence-corrected chi connectivity index (χ4v) is 1.64. The number of benzene rings is 1. The Balaban J connectivity index is 0.00000225. The quantitative estimate of drug-likeness (QED) is 0.886. The van der Waals surface area contributed by atoms with Crippen LogP contribution in [0, 0.1) is 6.92 Å². The highest BCUT2D eigenvalue weighted by molar-refractivity contribution is 5.85. The van der Waals surface area contributed by atoms with Gasteiger partial charge in [-0.3, -0.25) is 0 Å². The largest absolute Gasteiger partial charge is 0.496 e. The van der Waals surface area contributed by atoms with Crippen molar-refractivity contribution >= 4 is 12.4 Å². The van der Waals surface area contributed by atoms with E-state index in [1.807, 2.05) is 26.0 Å². The monoisotopic (exact) mass is 245 g/mol. The van der Waals surface area contributed by atoms with Gasteiger partial charge in [-0.25, -0.2) is 0 Å². The van der Waals surface area contributed by atoms with Gasteiger partial charge in [0.1, 0.15) is 11.5 Å². The molecule has 1 aromatic carbocycles. The van der Waals surface area contributed by atoms with E-state index in [0.717, 1.165) is 29.0 Å². The van der Waals surface area contributed by atoms with Gasteiger partial charge in [-0.2, -0.15) is 0 Å². The summed E-state index contributed by atoms with van der Waals surface area (Å²) in [5.74, 6) is 1.70. The number of methoxy groups -OCH3 is 2. The first-order valence-electron chi connectivity index (χ1n) is 5.05. The minimum Gasteiger partial charge on any atom is -0.496 e. The van der Waals surface area contributed by atoms with Crippen molar-refractivity contribution in [3.05, 3.63) is 23.3 Å². The van der Waals surface area contributed by atoms with Crippen LogP contribution in [0.1, 0.15) is 18.1 Å². The van der Waals surface area contributed by atoms with Gasteiger partial charge < -0.3 is 15.2 Å². The maximum Gasteiger partial charge on any atom is 0.126 e. The van der Waals surface area contributed by atoms with Crippen LogP contribution in [0.4, 0.5) is 0 Å². The second-order valence-electron chi connectivity index (χ2n) is 3.83. The molecule has 0 fully saturated rings. The lowest BCUT2D eigenvalue weighted by Gasteiger charge is -2.15. The zero-order chi connectivity index (χ0) is 11.4. The Morgan fingerprint density at radius 1 is 1.19 bits per heavy atom. The highest BCUT2D eigenvalue weighted by Crippen LogP contribution is 2.31. The molecule has 0 radical (unpaired) electrons. The van der Waals surface area contributed by atoms with Crippen molar-refractivity contribution in [3.63, 3.8) is 0 Å². The van der Waals surface area contributed by atoms with Crippen LogP contribution in [0.3, 0.4) is 0 Å². The summed E-state index contributed by atoms with van der Waals surface area (Å²) in [4.78, 5) is 0. The Labute approximate surface area is 103 Å². The lowest BCUT2D eigenvalue weighted by molar-refractivity contribution is 0.383. The predicted octanol–water partition coefficient (Wildman–Crippen LogP) is 2.32. The van der Waals surface area contributed by atoms with Crippen LogP contribution in [-0.4, -0.2) is 20.3 Å². The zero-order valence-corrected chi connectivity index (χ0v) is 11.1. The first kappa shape index (κ1) is 15.1. The highest BCUT2D eigenvalue weighted by atomic mass is 35.5. The van der Waals surface area contributed by atoms with Crippen LogP contribution in [0.5, 0.6) is 11.5 Å². The van der Waals surface area contributed by atoms with Crippen molar-refractivity contribution in [3.8, 4) is 11.5 Å². The Kier molecular flexibility index (Phi) is 6.22. The fraction of sp³-hybridized carbons (Fsp3) is 0.500. The van der Waals surface area contributed by atoms with Crippen LogP contribution in [0.2, 0.25) is 0 Å². The lowest BCUT2D eigenvalue weighted by atomic mass is 10.0. The van der Waals surface area contributed by atoms with Gasteiger partial charge in [0.15, 0.2) is 0 Å². The van der Waals surface area contributed by atoms with Gasteiger partial charge >= 0.3 is 0 Å². The smallest absolute Gasteiger partial charge is 0.126 e. The van der Waals surface area contributed by atoms with Crippen molar-refractivity contribution in [1.82, 2.24) is 0 Å². The van der Waals surface area contributed by atoms with Gasteiger partial charge in [0.25, 0.3) is 0 Å². The van der Waals surface area contributed by atoms with Crippen LogP contribution < -0.4 is 15.2 Å². The molecule has 0 heterocycles. The first-order chi connectivity index (χ1) is 7.08. The summed E-state index contributed by atoms with van der Waals surface area (Å²) in [6.07, 6.45) is 0.757. The number of hydrogen-bond acceptors (Lipinski definition) is 3. The van der Waals surface area contributed by atoms with E-state index in [0.29, 0.717) is 0 Å². The molecule has 92 valence electrons. The van der Waals surface area contributed by atoms with Crippen LogP contribution >= 0.6 is 12.4 Å². The second-order valence-corrected chi connectivity index (χ2v) is 3.83. The third-order valence-electron chi connectivity index (χ3n) is 2.28. The van der Waals surface area contributed by atoms with E-state index in [-0.39, 0.29) is 18.4 Å². The molecule has 2 N–H and O–H groups in total. The summed E-state index contributed by atoms with van der Waals surface area (Å²) in [6.45, 7) is 3.99. The normalized spacial score (nSPS) is 11.6. The van der Waals surface area contributed by atoms with Crippen LogP contribution in [0.15, 0.2) is 12.1 Å².